The van der Waals surface area contributed by atoms with E-state index in [9.17, 15) is 9.50 Å². The molecule has 0 heterocycles. The van der Waals surface area contributed by atoms with Crippen LogP contribution in [0.15, 0.2) is 18.2 Å². The molecule has 94 valence electrons. The highest BCUT2D eigenvalue weighted by Crippen LogP contribution is 2.40. The van der Waals surface area contributed by atoms with Crippen LogP contribution >= 0.6 is 0 Å². The van der Waals surface area contributed by atoms with E-state index in [0.717, 1.165) is 12.8 Å². The van der Waals surface area contributed by atoms with Crippen LogP contribution in [0.25, 0.3) is 0 Å². The Morgan fingerprint density at radius 1 is 1.35 bits per heavy atom. The van der Waals surface area contributed by atoms with Gasteiger partial charge in [0.15, 0.2) is 11.6 Å². The first-order chi connectivity index (χ1) is 8.17. The second kappa shape index (κ2) is 5.02. The first-order valence-electron chi connectivity index (χ1n) is 5.71. The van der Waals surface area contributed by atoms with Gasteiger partial charge in [0.25, 0.3) is 0 Å². The van der Waals surface area contributed by atoms with Crippen molar-refractivity contribution in [2.24, 2.45) is 5.92 Å². The molecule has 0 saturated heterocycles. The van der Waals surface area contributed by atoms with Crippen LogP contribution in [0.1, 0.15) is 24.5 Å². The van der Waals surface area contributed by atoms with Gasteiger partial charge in [-0.25, -0.2) is 4.39 Å². The van der Waals surface area contributed by atoms with E-state index >= 15 is 0 Å². The molecule has 0 aromatic heterocycles. The van der Waals surface area contributed by atoms with E-state index in [0.29, 0.717) is 11.5 Å². The van der Waals surface area contributed by atoms with Crippen molar-refractivity contribution in [3.8, 4) is 5.75 Å². The van der Waals surface area contributed by atoms with Gasteiger partial charge < -0.3 is 14.6 Å². The van der Waals surface area contributed by atoms with E-state index in [1.807, 2.05) is 0 Å². The molecule has 0 aliphatic heterocycles. The average molecular weight is 240 g/mol. The number of rotatable bonds is 5. The van der Waals surface area contributed by atoms with Gasteiger partial charge in [0.05, 0.1) is 13.2 Å². The number of halogens is 1. The van der Waals surface area contributed by atoms with Gasteiger partial charge in [-0.2, -0.15) is 0 Å². The Morgan fingerprint density at radius 3 is 2.53 bits per heavy atom. The van der Waals surface area contributed by atoms with Crippen LogP contribution in [0.5, 0.6) is 5.75 Å². The second-order valence-corrected chi connectivity index (χ2v) is 4.38. The van der Waals surface area contributed by atoms with Crippen LogP contribution in [0.4, 0.5) is 4.39 Å². The summed E-state index contributed by atoms with van der Waals surface area (Å²) in [6.45, 7) is 0. The Bertz CT molecular complexity index is 390. The minimum Gasteiger partial charge on any atom is -0.494 e. The van der Waals surface area contributed by atoms with Crippen LogP contribution in [0.3, 0.4) is 0 Å². The van der Waals surface area contributed by atoms with E-state index in [-0.39, 0.29) is 11.9 Å². The van der Waals surface area contributed by atoms with Gasteiger partial charge in [0.2, 0.25) is 0 Å². The zero-order chi connectivity index (χ0) is 12.4. The van der Waals surface area contributed by atoms with E-state index in [2.05, 4.69) is 0 Å². The van der Waals surface area contributed by atoms with Gasteiger partial charge in [-0.3, -0.25) is 0 Å². The van der Waals surface area contributed by atoms with Crippen molar-refractivity contribution < 1.29 is 19.0 Å². The molecule has 3 nitrogen and oxygen atoms in total. The van der Waals surface area contributed by atoms with E-state index in [4.69, 9.17) is 9.47 Å². The minimum absolute atomic E-state index is 0.182. The number of benzene rings is 1. The lowest BCUT2D eigenvalue weighted by atomic mass is 10.0. The topological polar surface area (TPSA) is 38.7 Å². The van der Waals surface area contributed by atoms with Gasteiger partial charge in [-0.1, -0.05) is 6.07 Å². The minimum atomic E-state index is -0.784. The molecule has 1 N–H and O–H groups in total. The van der Waals surface area contributed by atoms with Gasteiger partial charge >= 0.3 is 0 Å². The Morgan fingerprint density at radius 2 is 2.06 bits per heavy atom. The van der Waals surface area contributed by atoms with E-state index in [1.54, 1.807) is 13.2 Å². The Kier molecular flexibility index (Phi) is 3.64. The van der Waals surface area contributed by atoms with Crippen LogP contribution in [0, 0.1) is 11.7 Å². The highest BCUT2D eigenvalue weighted by atomic mass is 19.1. The smallest absolute Gasteiger partial charge is 0.165 e. The van der Waals surface area contributed by atoms with Crippen LogP contribution in [-0.2, 0) is 4.74 Å². The number of hydrogen-bond donors (Lipinski definition) is 1. The number of ether oxygens (including phenoxy) is 2. The fourth-order valence-corrected chi connectivity index (χ4v) is 2.06. The standard InChI is InChI=1S/C13H17FO3/c1-16-11-6-5-9(7-10(11)14)12(15)13(17-2)8-3-4-8/h5-8,12-13,15H,3-4H2,1-2H3. The van der Waals surface area contributed by atoms with Crippen LogP contribution in [-0.4, -0.2) is 25.4 Å². The third-order valence-corrected chi connectivity index (χ3v) is 3.19. The average Bonchev–Trinajstić information content (AvgIpc) is 3.14. The van der Waals surface area contributed by atoms with Gasteiger partial charge in [-0.05, 0) is 36.5 Å². The van der Waals surface area contributed by atoms with Crippen molar-refractivity contribution in [2.75, 3.05) is 14.2 Å². The molecule has 1 aromatic rings. The first-order valence-corrected chi connectivity index (χ1v) is 5.71. The zero-order valence-electron chi connectivity index (χ0n) is 10.0. The quantitative estimate of drug-likeness (QED) is 0.858. The van der Waals surface area contributed by atoms with Crippen LogP contribution < -0.4 is 4.74 Å². The summed E-state index contributed by atoms with van der Waals surface area (Å²) >= 11 is 0. The highest BCUT2D eigenvalue weighted by molar-refractivity contribution is 5.31. The summed E-state index contributed by atoms with van der Waals surface area (Å²) in [6, 6.07) is 4.49. The maximum atomic E-state index is 13.5. The largest absolute Gasteiger partial charge is 0.494 e. The maximum absolute atomic E-state index is 13.5. The summed E-state index contributed by atoms with van der Waals surface area (Å²) in [5.74, 6) is 0.108. The Balaban J connectivity index is 2.17. The van der Waals surface area contributed by atoms with Gasteiger partial charge in [0.1, 0.15) is 6.10 Å². The Labute approximate surface area is 100 Å². The molecule has 0 radical (unpaired) electrons. The summed E-state index contributed by atoms with van der Waals surface area (Å²) in [4.78, 5) is 0. The van der Waals surface area contributed by atoms with Gasteiger partial charge in [-0.15, -0.1) is 0 Å². The second-order valence-electron chi connectivity index (χ2n) is 4.38. The molecule has 1 fully saturated rings. The molecule has 2 rings (SSSR count). The molecule has 1 saturated carbocycles. The number of methoxy groups -OCH3 is 2. The molecular weight excluding hydrogens is 223 g/mol. The fourth-order valence-electron chi connectivity index (χ4n) is 2.06. The van der Waals surface area contributed by atoms with Crippen molar-refractivity contribution >= 4 is 0 Å². The van der Waals surface area contributed by atoms with E-state index in [1.165, 1.54) is 19.2 Å². The van der Waals surface area contributed by atoms with Crippen molar-refractivity contribution in [2.45, 2.75) is 25.0 Å². The molecule has 1 aliphatic rings. The molecule has 1 aromatic carbocycles. The molecule has 17 heavy (non-hydrogen) atoms. The normalized spacial score (nSPS) is 18.8. The van der Waals surface area contributed by atoms with Crippen molar-refractivity contribution in [1.29, 1.82) is 0 Å². The first kappa shape index (κ1) is 12.3. The van der Waals surface area contributed by atoms with Gasteiger partial charge in [0, 0.05) is 7.11 Å². The van der Waals surface area contributed by atoms with E-state index < -0.39 is 11.9 Å². The highest BCUT2D eigenvalue weighted by Gasteiger charge is 2.36. The molecule has 0 bridgehead atoms. The summed E-state index contributed by atoms with van der Waals surface area (Å²) in [7, 11) is 2.99. The zero-order valence-corrected chi connectivity index (χ0v) is 10.0. The Hall–Kier alpha value is -1.13. The molecule has 2 unspecified atom stereocenters. The number of aliphatic hydroxyl groups is 1. The number of hydrogen-bond acceptors (Lipinski definition) is 3. The third-order valence-electron chi connectivity index (χ3n) is 3.19. The molecule has 1 aliphatic carbocycles. The monoisotopic (exact) mass is 240 g/mol. The lowest BCUT2D eigenvalue weighted by Gasteiger charge is -2.21. The predicted molar refractivity (Wildman–Crippen MR) is 61.4 cm³/mol. The maximum Gasteiger partial charge on any atom is 0.165 e. The molecule has 0 spiro atoms. The molecule has 2 atom stereocenters. The summed E-state index contributed by atoms with van der Waals surface area (Å²) in [5, 5.41) is 10.1. The van der Waals surface area contributed by atoms with Crippen molar-refractivity contribution in [3.63, 3.8) is 0 Å². The summed E-state index contributed by atoms with van der Waals surface area (Å²) in [6.07, 6.45) is 1.10. The lowest BCUT2D eigenvalue weighted by molar-refractivity contribution is -0.0260. The number of aliphatic hydroxyl groups excluding tert-OH is 1. The summed E-state index contributed by atoms with van der Waals surface area (Å²) < 4.78 is 23.6. The fraction of sp³-hybridized carbons (Fsp3) is 0.538. The SMILES string of the molecule is COc1ccc(C(O)C(OC)C2CC2)cc1F. The van der Waals surface area contributed by atoms with Crippen molar-refractivity contribution in [3.05, 3.63) is 29.6 Å². The lowest BCUT2D eigenvalue weighted by Crippen LogP contribution is -2.23. The molecule has 4 heteroatoms. The van der Waals surface area contributed by atoms with Crippen LogP contribution in [0.2, 0.25) is 0 Å². The predicted octanol–water partition coefficient (Wildman–Crippen LogP) is 2.29. The third kappa shape index (κ3) is 2.58. The molecule has 0 amide bonds. The molecular formula is C13H17FO3. The van der Waals surface area contributed by atoms with Crippen molar-refractivity contribution in [1.82, 2.24) is 0 Å². The summed E-state index contributed by atoms with van der Waals surface area (Å²) in [5.41, 5.74) is 0.530.